The number of fused-ring (bicyclic) bond motifs is 2. The number of hydrogen-bond acceptors (Lipinski definition) is 6. The van der Waals surface area contributed by atoms with E-state index in [1.54, 1.807) is 36.4 Å². The highest BCUT2D eigenvalue weighted by Gasteiger charge is 2.51. The molecule has 0 bridgehead atoms. The predicted molar refractivity (Wildman–Crippen MR) is 364 cm³/mol. The molecule has 0 aromatic heterocycles. The van der Waals surface area contributed by atoms with Gasteiger partial charge in [0, 0.05) is 24.0 Å². The van der Waals surface area contributed by atoms with E-state index < -0.39 is 25.8 Å². The van der Waals surface area contributed by atoms with Crippen LogP contribution in [0.5, 0.6) is 17.2 Å². The van der Waals surface area contributed by atoms with Crippen molar-refractivity contribution in [2.75, 3.05) is 9.80 Å². The number of carbonyl (C=O) groups is 4. The molecule has 0 saturated heterocycles. The minimum atomic E-state index is -2.51. The van der Waals surface area contributed by atoms with Gasteiger partial charge in [-0.2, -0.15) is 0 Å². The average Bonchev–Trinajstić information content (AvgIpc) is 1.88. The Morgan fingerprint density at radius 3 is 1.30 bits per heavy atom. The second-order valence-corrected chi connectivity index (χ2v) is 30.0. The van der Waals surface area contributed by atoms with E-state index in [-0.39, 0.29) is 29.4 Å². The van der Waals surface area contributed by atoms with Crippen molar-refractivity contribution in [2.45, 2.75) is 44.6 Å². The first-order valence-corrected chi connectivity index (χ1v) is 33.7. The molecule has 2 aliphatic heterocycles. The lowest BCUT2D eigenvalue weighted by Crippen LogP contribution is -2.39. The van der Waals surface area contributed by atoms with Gasteiger partial charge in [-0.1, -0.05) is 147 Å². The number of allylic oxidation sites excluding steroid dienone is 6. The fraction of sp³-hybridized carbons (Fsp3) is 0.0886. The van der Waals surface area contributed by atoms with Crippen molar-refractivity contribution in [3.05, 3.63) is 336 Å². The van der Waals surface area contributed by atoms with Crippen LogP contribution in [0.1, 0.15) is 80.1 Å². The van der Waals surface area contributed by atoms with E-state index in [1.165, 1.54) is 25.7 Å². The number of carbonyl (C=O) groups excluding carboxylic acids is 4. The molecule has 432 valence electrons. The summed E-state index contributed by atoms with van der Waals surface area (Å²) in [7, 11) is -4.96. The normalized spacial score (nSPS) is 15.6. The molecule has 0 spiro atoms. The SMILES string of the molecule is CC(C)(C1=CC(Oc2ccc3c(c2)C(=O)N(c2cccc([P+](C4=CCCC=C4)(c4ccccc4)c4ccccc4)c2)C3=O)CC=C1)c1ccc(Oc2ccc3c(c2)C(=O)N(c2cccc([P+](c4ccccc4)(c4ccccc4)c4ccccc4)c2)C3=O)cc1. The lowest BCUT2D eigenvalue weighted by molar-refractivity contribution is 0.0910. The van der Waals surface area contributed by atoms with E-state index in [9.17, 15) is 19.2 Å². The van der Waals surface area contributed by atoms with E-state index >= 15 is 0 Å². The number of rotatable bonds is 16. The van der Waals surface area contributed by atoms with Crippen molar-refractivity contribution in [2.24, 2.45) is 0 Å². The Labute approximate surface area is 520 Å². The Balaban J connectivity index is 0.674. The summed E-state index contributed by atoms with van der Waals surface area (Å²) in [5, 5.41) is 9.20. The highest BCUT2D eigenvalue weighted by molar-refractivity contribution is 8.01. The minimum Gasteiger partial charge on any atom is -0.486 e. The van der Waals surface area contributed by atoms with Gasteiger partial charge in [-0.25, -0.2) is 9.80 Å². The van der Waals surface area contributed by atoms with Crippen molar-refractivity contribution in [1.29, 1.82) is 0 Å². The molecule has 4 aliphatic rings. The van der Waals surface area contributed by atoms with E-state index in [0.29, 0.717) is 51.7 Å². The van der Waals surface area contributed by atoms with Gasteiger partial charge >= 0.3 is 0 Å². The summed E-state index contributed by atoms with van der Waals surface area (Å²) in [5.41, 5.74) is 3.90. The van der Waals surface area contributed by atoms with Crippen molar-refractivity contribution in [1.82, 2.24) is 0 Å². The van der Waals surface area contributed by atoms with Crippen molar-refractivity contribution in [3.8, 4) is 17.2 Å². The van der Waals surface area contributed by atoms with Crippen molar-refractivity contribution < 1.29 is 28.7 Å². The monoisotopic (exact) mass is 1200 g/mol. The van der Waals surface area contributed by atoms with E-state index in [1.807, 2.05) is 91.0 Å². The molecule has 8 nitrogen and oxygen atoms in total. The molecular formula is C79H62N2O6P2+2. The van der Waals surface area contributed by atoms with Crippen LogP contribution in [0.25, 0.3) is 0 Å². The molecule has 2 aliphatic carbocycles. The van der Waals surface area contributed by atoms with E-state index in [4.69, 9.17) is 9.47 Å². The highest BCUT2D eigenvalue weighted by atomic mass is 31.2. The molecule has 4 amide bonds. The third-order valence-electron chi connectivity index (χ3n) is 17.6. The fourth-order valence-electron chi connectivity index (χ4n) is 13.2. The third kappa shape index (κ3) is 9.99. The molecule has 10 aromatic rings. The quantitative estimate of drug-likeness (QED) is 0.0707. The lowest BCUT2D eigenvalue weighted by atomic mass is 9.75. The van der Waals surface area contributed by atoms with Gasteiger partial charge in [0.2, 0.25) is 0 Å². The first-order valence-electron chi connectivity index (χ1n) is 30.1. The van der Waals surface area contributed by atoms with Crippen LogP contribution in [0, 0.1) is 0 Å². The third-order valence-corrected chi connectivity index (χ3v) is 26.2. The summed E-state index contributed by atoms with van der Waals surface area (Å²) in [4.78, 5) is 60.3. The lowest BCUT2D eigenvalue weighted by Gasteiger charge is -2.31. The summed E-state index contributed by atoms with van der Waals surface area (Å²) in [6.45, 7) is 4.33. The van der Waals surface area contributed by atoms with Crippen molar-refractivity contribution in [3.63, 3.8) is 0 Å². The molecule has 1 atom stereocenters. The Morgan fingerprint density at radius 1 is 0.393 bits per heavy atom. The molecule has 14 rings (SSSR count). The van der Waals surface area contributed by atoms with Gasteiger partial charge in [-0.05, 0) is 176 Å². The van der Waals surface area contributed by atoms with Crippen LogP contribution in [0.4, 0.5) is 11.4 Å². The molecule has 0 saturated carbocycles. The average molecular weight is 1200 g/mol. The summed E-state index contributed by atoms with van der Waals surface area (Å²) < 4.78 is 13.1. The topological polar surface area (TPSA) is 93.2 Å². The number of anilines is 2. The molecule has 0 radical (unpaired) electrons. The fourth-order valence-corrected chi connectivity index (χ4v) is 21.9. The number of ether oxygens (including phenoxy) is 2. The summed E-state index contributed by atoms with van der Waals surface area (Å²) in [5.74, 6) is -0.0522. The molecular weight excluding hydrogens is 1130 g/mol. The van der Waals surface area contributed by atoms with Crippen LogP contribution in [0.3, 0.4) is 0 Å². The number of hydrogen-bond donors (Lipinski definition) is 0. The molecule has 1 unspecified atom stereocenters. The number of amides is 4. The minimum absolute atomic E-state index is 0.276. The maximum atomic E-state index is 14.6. The van der Waals surface area contributed by atoms with Gasteiger partial charge in [-0.15, -0.1) is 0 Å². The van der Waals surface area contributed by atoms with Gasteiger partial charge in [-0.3, -0.25) is 19.2 Å². The number of imide groups is 2. The first kappa shape index (κ1) is 56.7. The Kier molecular flexibility index (Phi) is 15.0. The zero-order chi connectivity index (χ0) is 60.7. The summed E-state index contributed by atoms with van der Waals surface area (Å²) in [6.07, 6.45) is 15.4. The van der Waals surface area contributed by atoms with Crippen LogP contribution in [0.2, 0.25) is 0 Å². The maximum absolute atomic E-state index is 14.6. The molecule has 10 aromatic carbocycles. The highest BCUT2D eigenvalue weighted by Crippen LogP contribution is 2.64. The second-order valence-electron chi connectivity index (χ2n) is 23.1. The van der Waals surface area contributed by atoms with Gasteiger partial charge in [0.1, 0.15) is 80.3 Å². The van der Waals surface area contributed by atoms with Gasteiger partial charge in [0.05, 0.1) is 33.6 Å². The zero-order valence-corrected chi connectivity index (χ0v) is 51.0. The number of nitrogens with zero attached hydrogens (tertiary/aromatic N) is 2. The molecule has 0 fully saturated rings. The Morgan fingerprint density at radius 2 is 0.820 bits per heavy atom. The predicted octanol–water partition coefficient (Wildman–Crippen LogP) is 14.8. The Hall–Kier alpha value is -10.1. The molecule has 0 N–H and O–H groups in total. The largest absolute Gasteiger partial charge is 0.486 e. The maximum Gasteiger partial charge on any atom is 0.266 e. The van der Waals surface area contributed by atoms with Crippen LogP contribution in [0.15, 0.2) is 308 Å². The molecule has 2 heterocycles. The van der Waals surface area contributed by atoms with E-state index in [2.05, 4.69) is 184 Å². The second kappa shape index (κ2) is 23.5. The van der Waals surface area contributed by atoms with Crippen LogP contribution >= 0.6 is 14.5 Å². The zero-order valence-electron chi connectivity index (χ0n) is 49.2. The summed E-state index contributed by atoms with van der Waals surface area (Å²) in [6, 6.07) is 86.8. The standard InChI is InChI=1S/C79H62N2O6P2/c1-79(2,55-42-44-59(45-43-55)86-61-46-48-71-73(53-61)77(84)80(75(71)82)57-25-22-40-69(51-57)88(63-28-9-3-10-29-63,64-30-11-4-12-31-64)65-32-13-5-14-33-65)56-24-21-27-60(50-56)87-62-47-49-72-74(54-62)78(85)81(76(72)83)58-26-23-41-70(52-58)89(66-34-15-6-16-35-66,67-36-17-7-18-37-67)68-38-19-8-20-39-68/h3-7,9-19,21-26,28-54,60H,8,20,27H2,1-2H3/q+2. The molecule has 89 heavy (non-hydrogen) atoms. The van der Waals surface area contributed by atoms with Gasteiger partial charge in [0.25, 0.3) is 23.6 Å². The van der Waals surface area contributed by atoms with Gasteiger partial charge in [0.15, 0.2) is 0 Å². The van der Waals surface area contributed by atoms with Crippen LogP contribution in [-0.2, 0) is 5.41 Å². The van der Waals surface area contributed by atoms with Crippen LogP contribution < -0.4 is 56.4 Å². The van der Waals surface area contributed by atoms with Crippen LogP contribution in [-0.4, -0.2) is 29.7 Å². The van der Waals surface area contributed by atoms with E-state index in [0.717, 1.165) is 50.5 Å². The first-order chi connectivity index (χ1) is 43.5. The van der Waals surface area contributed by atoms with Gasteiger partial charge < -0.3 is 9.47 Å². The Bertz CT molecular complexity index is 4390. The molecule has 10 heteroatoms. The summed E-state index contributed by atoms with van der Waals surface area (Å²) >= 11 is 0. The smallest absolute Gasteiger partial charge is 0.266 e. The number of benzene rings is 10. The van der Waals surface area contributed by atoms with Crippen molar-refractivity contribution >= 4 is 86.7 Å².